The van der Waals surface area contributed by atoms with E-state index in [1.807, 2.05) is 13.0 Å². The van der Waals surface area contributed by atoms with Gasteiger partial charge in [-0.15, -0.1) is 0 Å². The summed E-state index contributed by atoms with van der Waals surface area (Å²) in [6, 6.07) is 4.14. The number of fused-ring (bicyclic) bond motifs is 1. The van der Waals surface area contributed by atoms with Crippen LogP contribution in [0.25, 0.3) is 0 Å². The van der Waals surface area contributed by atoms with Crippen molar-refractivity contribution < 1.29 is 14.4 Å². The Labute approximate surface area is 150 Å². The van der Waals surface area contributed by atoms with Gasteiger partial charge in [-0.05, 0) is 63.7 Å². The lowest BCUT2D eigenvalue weighted by Crippen LogP contribution is -2.41. The van der Waals surface area contributed by atoms with Gasteiger partial charge in [-0.25, -0.2) is 0 Å². The quantitative estimate of drug-likeness (QED) is 0.849. The fourth-order valence-electron chi connectivity index (χ4n) is 3.34. The molecule has 1 aromatic rings. The summed E-state index contributed by atoms with van der Waals surface area (Å²) < 4.78 is 12.3. The van der Waals surface area contributed by atoms with E-state index in [1.165, 1.54) is 5.56 Å². The monoisotopic (exact) mass is 351 g/mol. The largest absolute Gasteiger partial charge is 0.494 e. The van der Waals surface area contributed by atoms with Crippen molar-refractivity contribution in [2.24, 2.45) is 0 Å². The molecular weight excluding hydrogens is 324 g/mol. The van der Waals surface area contributed by atoms with Gasteiger partial charge in [0.2, 0.25) is 0 Å². The lowest BCUT2D eigenvalue weighted by molar-refractivity contribution is 0.00578. The molecule has 3 rings (SSSR count). The van der Waals surface area contributed by atoms with Crippen LogP contribution in [0.5, 0.6) is 0 Å². The first-order chi connectivity index (χ1) is 11.1. The van der Waals surface area contributed by atoms with E-state index in [4.69, 9.17) is 20.9 Å². The molecule has 1 atom stereocenters. The first kappa shape index (κ1) is 18.2. The van der Waals surface area contributed by atoms with E-state index < -0.39 is 0 Å². The lowest BCUT2D eigenvalue weighted by atomic mass is 9.77. The number of nitrogens with zero attached hydrogens (tertiary/aromatic N) is 1. The van der Waals surface area contributed by atoms with Crippen LogP contribution in [0.1, 0.15) is 45.7 Å². The molecule has 2 aliphatic rings. The van der Waals surface area contributed by atoms with Gasteiger partial charge >= 0.3 is 7.12 Å². The van der Waals surface area contributed by atoms with E-state index in [0.717, 1.165) is 35.6 Å². The number of benzene rings is 1. The predicted molar refractivity (Wildman–Crippen MR) is 97.8 cm³/mol. The summed E-state index contributed by atoms with van der Waals surface area (Å²) in [5, 5.41) is 10.4. The van der Waals surface area contributed by atoms with E-state index in [1.54, 1.807) is 0 Å². The molecule has 0 bridgehead atoms. The molecule has 0 aliphatic carbocycles. The molecule has 1 saturated heterocycles. The average molecular weight is 352 g/mol. The highest BCUT2D eigenvalue weighted by molar-refractivity contribution is 6.62. The minimum Gasteiger partial charge on any atom is -0.399 e. The van der Waals surface area contributed by atoms with Crippen LogP contribution in [-0.2, 0) is 22.3 Å². The van der Waals surface area contributed by atoms with Gasteiger partial charge in [0.05, 0.1) is 17.3 Å². The van der Waals surface area contributed by atoms with Crippen molar-refractivity contribution in [2.75, 3.05) is 13.1 Å². The van der Waals surface area contributed by atoms with Crippen molar-refractivity contribution in [3.05, 3.63) is 28.3 Å². The normalized spacial score (nSPS) is 24.0. The van der Waals surface area contributed by atoms with Gasteiger partial charge in [0, 0.05) is 24.7 Å². The first-order valence-corrected chi connectivity index (χ1v) is 9.04. The molecule has 24 heavy (non-hydrogen) atoms. The van der Waals surface area contributed by atoms with Gasteiger partial charge in [0.15, 0.2) is 0 Å². The van der Waals surface area contributed by atoms with Crippen LogP contribution in [0.4, 0.5) is 0 Å². The maximum absolute atomic E-state index is 9.60. The molecule has 0 aromatic heterocycles. The van der Waals surface area contributed by atoms with E-state index in [9.17, 15) is 5.11 Å². The highest BCUT2D eigenvalue weighted by Gasteiger charge is 2.51. The average Bonchev–Trinajstić information content (AvgIpc) is 2.67. The molecule has 0 amide bonds. The van der Waals surface area contributed by atoms with Crippen LogP contribution in [0.3, 0.4) is 0 Å². The van der Waals surface area contributed by atoms with Crippen molar-refractivity contribution >= 4 is 24.2 Å². The third kappa shape index (κ3) is 3.38. The Morgan fingerprint density at radius 3 is 2.46 bits per heavy atom. The molecule has 0 radical (unpaired) electrons. The van der Waals surface area contributed by atoms with Crippen LogP contribution in [0, 0.1) is 0 Å². The molecule has 0 unspecified atom stereocenters. The van der Waals surface area contributed by atoms with Crippen molar-refractivity contribution in [1.82, 2.24) is 4.90 Å². The molecule has 6 heteroatoms. The van der Waals surface area contributed by atoms with Crippen LogP contribution in [0.2, 0.25) is 5.02 Å². The number of halogens is 1. The zero-order valence-electron chi connectivity index (χ0n) is 15.2. The van der Waals surface area contributed by atoms with Crippen LogP contribution in [-0.4, -0.2) is 47.5 Å². The Bertz CT molecular complexity index is 617. The molecule has 132 valence electrons. The predicted octanol–water partition coefficient (Wildman–Crippen LogP) is 2.38. The number of aliphatic hydroxyl groups is 1. The van der Waals surface area contributed by atoms with Gasteiger partial charge in [0.1, 0.15) is 0 Å². The Hall–Kier alpha value is -0.585. The standard InChI is InChI=1S/C18H27BClNO3/c1-12(22)10-21-7-6-13-8-14(9-16(20)15(13)11-21)19-23-17(2,3)18(4,5)24-19/h8-9,12,22H,6-7,10-11H2,1-5H3/t12-/m0/s1. The molecular formula is C18H27BClNO3. The van der Waals surface area contributed by atoms with Crippen LogP contribution in [0.15, 0.2) is 12.1 Å². The van der Waals surface area contributed by atoms with Crippen LogP contribution >= 0.6 is 11.6 Å². The van der Waals surface area contributed by atoms with E-state index in [0.29, 0.717) is 6.54 Å². The third-order valence-corrected chi connectivity index (χ3v) is 5.77. The van der Waals surface area contributed by atoms with Crippen molar-refractivity contribution in [2.45, 2.75) is 64.9 Å². The Balaban J connectivity index is 1.84. The smallest absolute Gasteiger partial charge is 0.399 e. The van der Waals surface area contributed by atoms with Gasteiger partial charge in [0.25, 0.3) is 0 Å². The summed E-state index contributed by atoms with van der Waals surface area (Å²) in [4.78, 5) is 2.24. The second kappa shape index (κ2) is 6.29. The summed E-state index contributed by atoms with van der Waals surface area (Å²) >= 11 is 6.57. The summed E-state index contributed by atoms with van der Waals surface area (Å²) in [6.45, 7) is 12.4. The van der Waals surface area contributed by atoms with Gasteiger partial charge in [-0.1, -0.05) is 17.7 Å². The minimum absolute atomic E-state index is 0.325. The van der Waals surface area contributed by atoms with E-state index >= 15 is 0 Å². The van der Waals surface area contributed by atoms with Crippen LogP contribution < -0.4 is 5.46 Å². The second-order valence-electron chi connectivity index (χ2n) is 8.06. The Kier molecular flexibility index (Phi) is 4.78. The molecule has 0 spiro atoms. The number of hydrogen-bond acceptors (Lipinski definition) is 4. The second-order valence-corrected chi connectivity index (χ2v) is 8.47. The summed E-state index contributed by atoms with van der Waals surface area (Å²) in [5.41, 5.74) is 2.70. The lowest BCUT2D eigenvalue weighted by Gasteiger charge is -2.32. The number of hydrogen-bond donors (Lipinski definition) is 1. The zero-order valence-corrected chi connectivity index (χ0v) is 16.0. The van der Waals surface area contributed by atoms with Gasteiger partial charge in [-0.3, -0.25) is 4.90 Å². The minimum atomic E-state index is -0.381. The topological polar surface area (TPSA) is 41.9 Å². The Morgan fingerprint density at radius 1 is 1.25 bits per heavy atom. The molecule has 2 heterocycles. The van der Waals surface area contributed by atoms with Gasteiger partial charge < -0.3 is 14.4 Å². The summed E-state index contributed by atoms with van der Waals surface area (Å²) in [5.74, 6) is 0. The molecule has 1 aromatic carbocycles. The number of β-amino-alcohol motifs (C(OH)–C–C–N with tert-alkyl or cyclic N) is 1. The summed E-state index contributed by atoms with van der Waals surface area (Å²) in [7, 11) is -0.381. The molecule has 0 saturated carbocycles. The number of aliphatic hydroxyl groups excluding tert-OH is 1. The number of rotatable bonds is 3. The first-order valence-electron chi connectivity index (χ1n) is 8.66. The highest BCUT2D eigenvalue weighted by Crippen LogP contribution is 2.37. The highest BCUT2D eigenvalue weighted by atomic mass is 35.5. The molecule has 1 fully saturated rings. The Morgan fingerprint density at radius 2 is 1.88 bits per heavy atom. The maximum Gasteiger partial charge on any atom is 0.494 e. The summed E-state index contributed by atoms with van der Waals surface area (Å²) in [6.07, 6.45) is 0.601. The fourth-order valence-corrected chi connectivity index (χ4v) is 3.65. The zero-order chi connectivity index (χ0) is 17.7. The fraction of sp³-hybridized carbons (Fsp3) is 0.667. The maximum atomic E-state index is 9.60. The van der Waals surface area contributed by atoms with Gasteiger partial charge in [-0.2, -0.15) is 0 Å². The molecule has 2 aliphatic heterocycles. The van der Waals surface area contributed by atoms with E-state index in [2.05, 4.69) is 38.7 Å². The van der Waals surface area contributed by atoms with Crippen molar-refractivity contribution in [1.29, 1.82) is 0 Å². The van der Waals surface area contributed by atoms with Crippen molar-refractivity contribution in [3.8, 4) is 0 Å². The van der Waals surface area contributed by atoms with E-state index in [-0.39, 0.29) is 24.4 Å². The SMILES string of the molecule is C[C@H](O)CN1CCc2cc(B3OC(C)(C)C(C)(C)O3)cc(Cl)c2C1. The molecule has 4 nitrogen and oxygen atoms in total. The van der Waals surface area contributed by atoms with Crippen molar-refractivity contribution in [3.63, 3.8) is 0 Å². The third-order valence-electron chi connectivity index (χ3n) is 5.44. The molecule has 1 N–H and O–H groups in total.